The van der Waals surface area contributed by atoms with Crippen LogP contribution in [0.2, 0.25) is 0 Å². The number of rotatable bonds is 13. The van der Waals surface area contributed by atoms with Crippen molar-refractivity contribution in [3.05, 3.63) is 90.0 Å². The highest BCUT2D eigenvalue weighted by molar-refractivity contribution is 6.52. The number of unbranched alkanes of at least 4 members (excludes halogenated alkanes) is 3. The molecule has 10 heteroatoms. The Morgan fingerprint density at radius 3 is 2.19 bits per heavy atom. The maximum Gasteiger partial charge on any atom is 0.332 e. The molecule has 4 aromatic rings. The molecule has 0 atom stereocenters. The average molecular weight is 570 g/mol. The minimum Gasteiger partial charge on any atom is -0.462 e. The molecule has 2 aromatic carbocycles. The van der Waals surface area contributed by atoms with Gasteiger partial charge < -0.3 is 18.7 Å². The van der Waals surface area contributed by atoms with Gasteiger partial charge in [0.2, 0.25) is 11.6 Å². The molecule has 0 saturated carbocycles. The summed E-state index contributed by atoms with van der Waals surface area (Å²) < 4.78 is 7.20. The predicted molar refractivity (Wildman–Crippen MR) is 157 cm³/mol. The summed E-state index contributed by atoms with van der Waals surface area (Å²) in [6.07, 6.45) is 7.24. The number of carbonyl (C=O) groups is 4. The lowest BCUT2D eigenvalue weighted by Gasteiger charge is -2.08. The van der Waals surface area contributed by atoms with Crippen LogP contribution in [0.4, 0.5) is 0 Å². The monoisotopic (exact) mass is 569 g/mol. The van der Waals surface area contributed by atoms with Gasteiger partial charge in [-0.05, 0) is 55.3 Å². The Kier molecular flexibility index (Phi) is 9.94. The van der Waals surface area contributed by atoms with E-state index in [4.69, 9.17) is 14.1 Å². The molecule has 216 valence electrons. The van der Waals surface area contributed by atoms with Crippen molar-refractivity contribution in [2.75, 3.05) is 0 Å². The fourth-order valence-electron chi connectivity index (χ4n) is 4.40. The van der Waals surface area contributed by atoms with Crippen LogP contribution >= 0.6 is 0 Å². The van der Waals surface area contributed by atoms with E-state index in [1.807, 2.05) is 22.8 Å². The van der Waals surface area contributed by atoms with Crippen LogP contribution in [0.25, 0.3) is 16.6 Å². The molecule has 10 nitrogen and oxygen atoms in total. The van der Waals surface area contributed by atoms with Crippen LogP contribution in [0.15, 0.2) is 87.9 Å². The number of aromatic nitrogens is 1. The van der Waals surface area contributed by atoms with Crippen molar-refractivity contribution in [2.45, 2.75) is 52.9 Å². The van der Waals surface area contributed by atoms with Gasteiger partial charge in [0.1, 0.15) is 5.71 Å². The van der Waals surface area contributed by atoms with E-state index >= 15 is 0 Å². The number of benzene rings is 2. The van der Waals surface area contributed by atoms with Gasteiger partial charge in [-0.2, -0.15) is 0 Å². The third-order valence-corrected chi connectivity index (χ3v) is 6.41. The Morgan fingerprint density at radius 2 is 1.52 bits per heavy atom. The lowest BCUT2D eigenvalue weighted by Crippen LogP contribution is -2.16. The average Bonchev–Trinajstić information content (AvgIpc) is 3.65. The molecule has 0 fully saturated rings. The highest BCUT2D eigenvalue weighted by Gasteiger charge is 2.25. The van der Waals surface area contributed by atoms with E-state index in [9.17, 15) is 19.2 Å². The number of oxime groups is 2. The lowest BCUT2D eigenvalue weighted by atomic mass is 10.0. The fraction of sp³-hybridized carbons (Fsp3) is 0.250. The summed E-state index contributed by atoms with van der Waals surface area (Å²) in [5.41, 5.74) is 2.17. The number of carbonyl (C=O) groups excluding carboxylic acids is 4. The summed E-state index contributed by atoms with van der Waals surface area (Å²) >= 11 is 0. The normalized spacial score (nSPS) is 11.9. The zero-order chi connectivity index (χ0) is 30.1. The Hall–Kier alpha value is -5.12. The molecular formula is C32H31N3O7. The van der Waals surface area contributed by atoms with Crippen molar-refractivity contribution < 1.29 is 33.3 Å². The second kappa shape index (κ2) is 14.0. The molecule has 0 bridgehead atoms. The minimum atomic E-state index is -0.675. The van der Waals surface area contributed by atoms with Crippen LogP contribution in [0.3, 0.4) is 0 Å². The van der Waals surface area contributed by atoms with E-state index in [-0.39, 0.29) is 23.0 Å². The number of hydrogen-bond donors (Lipinski definition) is 0. The number of furan rings is 1. The Morgan fingerprint density at radius 1 is 0.810 bits per heavy atom. The molecule has 2 aromatic heterocycles. The fourth-order valence-corrected chi connectivity index (χ4v) is 4.40. The van der Waals surface area contributed by atoms with Crippen molar-refractivity contribution in [1.29, 1.82) is 0 Å². The molecule has 2 heterocycles. The molecule has 42 heavy (non-hydrogen) atoms. The minimum absolute atomic E-state index is 0.155. The van der Waals surface area contributed by atoms with Crippen LogP contribution in [-0.2, 0) is 19.3 Å². The van der Waals surface area contributed by atoms with Crippen molar-refractivity contribution in [3.8, 4) is 5.69 Å². The summed E-state index contributed by atoms with van der Waals surface area (Å²) in [7, 11) is 0. The molecule has 0 aliphatic carbocycles. The van der Waals surface area contributed by atoms with E-state index in [2.05, 4.69) is 17.2 Å². The SMILES string of the molecule is CCCCCC/C(=N\OC(C)=O)C(=O)c1ccc(-n2cc(C(=O)/C(=N/OC(C)=O)c3ccco3)c3ccccc32)cc1. The lowest BCUT2D eigenvalue weighted by molar-refractivity contribution is -0.141. The maximum absolute atomic E-state index is 13.7. The number of hydrogen-bond acceptors (Lipinski definition) is 9. The van der Waals surface area contributed by atoms with E-state index in [1.54, 1.807) is 48.7 Å². The number of fused-ring (bicyclic) bond motifs is 1. The second-order valence-corrected chi connectivity index (χ2v) is 9.57. The molecule has 0 N–H and O–H groups in total. The van der Waals surface area contributed by atoms with Gasteiger partial charge in [-0.1, -0.05) is 54.7 Å². The maximum atomic E-state index is 13.7. The topological polar surface area (TPSA) is 130 Å². The summed E-state index contributed by atoms with van der Waals surface area (Å²) in [5.74, 6) is -1.94. The Labute approximate surface area is 242 Å². The Balaban J connectivity index is 1.67. The van der Waals surface area contributed by atoms with Gasteiger partial charge in [0.25, 0.3) is 0 Å². The molecular weight excluding hydrogens is 538 g/mol. The third kappa shape index (κ3) is 7.14. The summed E-state index contributed by atoms with van der Waals surface area (Å²) in [4.78, 5) is 59.2. The molecule has 0 amide bonds. The van der Waals surface area contributed by atoms with E-state index in [0.29, 0.717) is 28.6 Å². The van der Waals surface area contributed by atoms with E-state index in [0.717, 1.165) is 31.2 Å². The van der Waals surface area contributed by atoms with Gasteiger partial charge in [0, 0.05) is 36.7 Å². The summed E-state index contributed by atoms with van der Waals surface area (Å²) in [6.45, 7) is 4.52. The van der Waals surface area contributed by atoms with Crippen molar-refractivity contribution >= 4 is 45.8 Å². The Bertz CT molecular complexity index is 1650. The van der Waals surface area contributed by atoms with Crippen LogP contribution in [0.5, 0.6) is 0 Å². The van der Waals surface area contributed by atoms with Gasteiger partial charge in [-0.25, -0.2) is 9.59 Å². The van der Waals surface area contributed by atoms with Gasteiger partial charge in [-0.15, -0.1) is 0 Å². The van der Waals surface area contributed by atoms with Gasteiger partial charge in [0.05, 0.1) is 17.3 Å². The molecule has 0 aliphatic heterocycles. The smallest absolute Gasteiger partial charge is 0.332 e. The molecule has 0 unspecified atom stereocenters. The summed E-state index contributed by atoms with van der Waals surface area (Å²) in [5, 5.41) is 8.25. The summed E-state index contributed by atoms with van der Waals surface area (Å²) in [6, 6.07) is 17.3. The number of nitrogens with zero attached hydrogens (tertiary/aromatic N) is 3. The number of Topliss-reactive ketones (excluding diaryl/α,β-unsaturated/α-hetero) is 2. The van der Waals surface area contributed by atoms with Crippen molar-refractivity contribution in [3.63, 3.8) is 0 Å². The molecule has 4 rings (SSSR count). The van der Waals surface area contributed by atoms with E-state index in [1.165, 1.54) is 20.1 Å². The van der Waals surface area contributed by atoms with Crippen LogP contribution < -0.4 is 0 Å². The number of ketones is 2. The van der Waals surface area contributed by atoms with Gasteiger partial charge in [-0.3, -0.25) is 9.59 Å². The van der Waals surface area contributed by atoms with E-state index < -0.39 is 17.7 Å². The zero-order valence-electron chi connectivity index (χ0n) is 23.7. The zero-order valence-corrected chi connectivity index (χ0v) is 23.7. The quantitative estimate of drug-likeness (QED) is 0.0595. The second-order valence-electron chi connectivity index (χ2n) is 9.57. The largest absolute Gasteiger partial charge is 0.462 e. The molecule has 0 radical (unpaired) electrons. The van der Waals surface area contributed by atoms with Crippen LogP contribution in [0, 0.1) is 0 Å². The molecule has 0 aliphatic rings. The first kappa shape index (κ1) is 29.9. The number of para-hydroxylation sites is 1. The van der Waals surface area contributed by atoms with Crippen molar-refractivity contribution in [1.82, 2.24) is 4.57 Å². The first-order valence-corrected chi connectivity index (χ1v) is 13.6. The standard InChI is InChI=1S/C32H31N3O7/c1-4-5-6-7-12-27(33-41-21(2)36)31(38)23-15-17-24(18-16-23)35-20-26(25-11-8-9-13-28(25)35)32(39)30(34-42-22(3)37)29-14-10-19-40-29/h8-11,13-20H,4-7,12H2,1-3H3/b33-27+,34-30+. The first-order chi connectivity index (χ1) is 20.3. The highest BCUT2D eigenvalue weighted by atomic mass is 16.7. The molecule has 0 spiro atoms. The highest BCUT2D eigenvalue weighted by Crippen LogP contribution is 2.27. The van der Waals surface area contributed by atoms with Gasteiger partial charge in [0.15, 0.2) is 11.5 Å². The third-order valence-electron chi connectivity index (χ3n) is 6.41. The molecule has 0 saturated heterocycles. The van der Waals surface area contributed by atoms with Crippen LogP contribution in [0.1, 0.15) is 79.4 Å². The predicted octanol–water partition coefficient (Wildman–Crippen LogP) is 6.45. The van der Waals surface area contributed by atoms with Crippen molar-refractivity contribution in [2.24, 2.45) is 10.3 Å². The van der Waals surface area contributed by atoms with Gasteiger partial charge >= 0.3 is 11.9 Å². The van der Waals surface area contributed by atoms with Crippen LogP contribution in [-0.4, -0.2) is 39.5 Å². The first-order valence-electron chi connectivity index (χ1n) is 13.6.